The highest BCUT2D eigenvalue weighted by Gasteiger charge is 2.19. The van der Waals surface area contributed by atoms with E-state index in [0.717, 1.165) is 16.8 Å². The lowest BCUT2D eigenvalue weighted by Gasteiger charge is -2.22. The van der Waals surface area contributed by atoms with Gasteiger partial charge >= 0.3 is 0 Å². The van der Waals surface area contributed by atoms with Crippen LogP contribution in [0.2, 0.25) is 0 Å². The van der Waals surface area contributed by atoms with Crippen molar-refractivity contribution in [3.8, 4) is 0 Å². The van der Waals surface area contributed by atoms with Crippen molar-refractivity contribution in [2.24, 2.45) is 5.84 Å². The summed E-state index contributed by atoms with van der Waals surface area (Å²) in [5.74, 6) is 5.88. The van der Waals surface area contributed by atoms with Crippen LogP contribution in [0.5, 0.6) is 0 Å². The van der Waals surface area contributed by atoms with E-state index < -0.39 is 0 Å². The van der Waals surface area contributed by atoms with Crippen LogP contribution in [0.25, 0.3) is 0 Å². The standard InChI is InChI=1S/C19H24N2O/c1-13-7-6-8-14(2)17(13)21(20)18(22)15-9-11-16(12-10-15)19(3,4)5/h6-12H,20H2,1-5H3. The summed E-state index contributed by atoms with van der Waals surface area (Å²) in [7, 11) is 0. The second-order valence-corrected chi connectivity index (χ2v) is 6.74. The Morgan fingerprint density at radius 2 is 1.45 bits per heavy atom. The fourth-order valence-electron chi connectivity index (χ4n) is 2.54. The summed E-state index contributed by atoms with van der Waals surface area (Å²) in [5, 5.41) is 1.25. The Morgan fingerprint density at radius 1 is 0.955 bits per heavy atom. The molecule has 0 heterocycles. The van der Waals surface area contributed by atoms with E-state index in [2.05, 4.69) is 20.8 Å². The van der Waals surface area contributed by atoms with Gasteiger partial charge in [-0.15, -0.1) is 0 Å². The van der Waals surface area contributed by atoms with Crippen molar-refractivity contribution in [2.75, 3.05) is 5.01 Å². The fraction of sp³-hybridized carbons (Fsp3) is 0.316. The van der Waals surface area contributed by atoms with Gasteiger partial charge in [0.1, 0.15) is 0 Å². The number of hydrogen-bond acceptors (Lipinski definition) is 2. The summed E-state index contributed by atoms with van der Waals surface area (Å²) >= 11 is 0. The Hall–Kier alpha value is -2.13. The molecule has 0 aliphatic carbocycles. The molecule has 2 rings (SSSR count). The molecule has 2 aromatic rings. The van der Waals surface area contributed by atoms with E-state index in [-0.39, 0.29) is 11.3 Å². The molecule has 0 fully saturated rings. The number of aryl methyl sites for hydroxylation is 2. The highest BCUT2D eigenvalue weighted by Crippen LogP contribution is 2.25. The molecule has 0 unspecified atom stereocenters. The van der Waals surface area contributed by atoms with E-state index in [0.29, 0.717) is 5.56 Å². The molecule has 0 aliphatic heterocycles. The molecule has 0 aliphatic rings. The zero-order valence-electron chi connectivity index (χ0n) is 14.0. The van der Waals surface area contributed by atoms with E-state index in [9.17, 15) is 4.79 Å². The first-order valence-electron chi connectivity index (χ1n) is 7.47. The van der Waals surface area contributed by atoms with Crippen LogP contribution in [-0.2, 0) is 5.41 Å². The molecule has 22 heavy (non-hydrogen) atoms. The van der Waals surface area contributed by atoms with Gasteiger partial charge in [0.2, 0.25) is 0 Å². The van der Waals surface area contributed by atoms with Crippen LogP contribution in [0.3, 0.4) is 0 Å². The molecule has 0 radical (unpaired) electrons. The number of para-hydroxylation sites is 1. The van der Waals surface area contributed by atoms with Crippen molar-refractivity contribution in [2.45, 2.75) is 40.0 Å². The number of rotatable bonds is 2. The molecule has 0 saturated heterocycles. The molecule has 0 atom stereocenters. The Bertz CT molecular complexity index is 661. The number of benzene rings is 2. The number of carbonyl (C=O) groups is 1. The second-order valence-electron chi connectivity index (χ2n) is 6.74. The molecule has 0 spiro atoms. The predicted octanol–water partition coefficient (Wildman–Crippen LogP) is 4.12. The minimum Gasteiger partial charge on any atom is -0.267 e. The van der Waals surface area contributed by atoms with E-state index in [1.54, 1.807) is 0 Å². The molecular formula is C19H24N2O. The monoisotopic (exact) mass is 296 g/mol. The molecule has 0 bridgehead atoms. The minimum absolute atomic E-state index is 0.0661. The highest BCUT2D eigenvalue weighted by atomic mass is 16.2. The van der Waals surface area contributed by atoms with Gasteiger partial charge in [-0.05, 0) is 48.1 Å². The largest absolute Gasteiger partial charge is 0.272 e. The molecule has 0 saturated carbocycles. The van der Waals surface area contributed by atoms with E-state index in [4.69, 9.17) is 5.84 Å². The quantitative estimate of drug-likeness (QED) is 0.515. The maximum atomic E-state index is 12.6. The average molecular weight is 296 g/mol. The number of nitrogens with two attached hydrogens (primary N) is 1. The van der Waals surface area contributed by atoms with Crippen molar-refractivity contribution < 1.29 is 4.79 Å². The number of amides is 1. The molecule has 3 heteroatoms. The second kappa shape index (κ2) is 5.93. The van der Waals surface area contributed by atoms with E-state index in [1.165, 1.54) is 10.6 Å². The summed E-state index contributed by atoms with van der Waals surface area (Å²) in [4.78, 5) is 12.6. The van der Waals surface area contributed by atoms with Crippen LogP contribution < -0.4 is 10.9 Å². The SMILES string of the molecule is Cc1cccc(C)c1N(N)C(=O)c1ccc(C(C)(C)C)cc1. The smallest absolute Gasteiger partial charge is 0.267 e. The van der Waals surface area contributed by atoms with Crippen molar-refractivity contribution in [3.05, 3.63) is 64.7 Å². The van der Waals surface area contributed by atoms with Gasteiger partial charge in [0.25, 0.3) is 5.91 Å². The Balaban J connectivity index is 2.32. The van der Waals surface area contributed by atoms with Crippen molar-refractivity contribution in [1.82, 2.24) is 0 Å². The summed E-state index contributed by atoms with van der Waals surface area (Å²) in [5.41, 5.74) is 4.60. The maximum absolute atomic E-state index is 12.6. The predicted molar refractivity (Wildman–Crippen MR) is 92.1 cm³/mol. The number of hydrazine groups is 1. The summed E-state index contributed by atoms with van der Waals surface area (Å²) in [6.07, 6.45) is 0. The van der Waals surface area contributed by atoms with Gasteiger partial charge in [-0.3, -0.25) is 4.79 Å². The minimum atomic E-state index is -0.196. The number of anilines is 1. The van der Waals surface area contributed by atoms with Crippen molar-refractivity contribution in [3.63, 3.8) is 0 Å². The van der Waals surface area contributed by atoms with Gasteiger partial charge in [-0.2, -0.15) is 0 Å². The van der Waals surface area contributed by atoms with Crippen LogP contribution in [0, 0.1) is 13.8 Å². The first-order chi connectivity index (χ1) is 10.2. The Morgan fingerprint density at radius 3 is 1.91 bits per heavy atom. The first-order valence-corrected chi connectivity index (χ1v) is 7.47. The van der Waals surface area contributed by atoms with Crippen LogP contribution in [0.15, 0.2) is 42.5 Å². The topological polar surface area (TPSA) is 46.3 Å². The molecule has 2 N–H and O–H groups in total. The van der Waals surface area contributed by atoms with E-state index in [1.807, 2.05) is 56.3 Å². The van der Waals surface area contributed by atoms with Gasteiger partial charge in [0.15, 0.2) is 0 Å². The average Bonchev–Trinajstić information content (AvgIpc) is 2.45. The zero-order chi connectivity index (χ0) is 16.5. The van der Waals surface area contributed by atoms with Gasteiger partial charge in [-0.1, -0.05) is 51.1 Å². The Labute approximate surface area is 132 Å². The van der Waals surface area contributed by atoms with E-state index >= 15 is 0 Å². The lowest BCUT2D eigenvalue weighted by Crippen LogP contribution is -2.38. The van der Waals surface area contributed by atoms with Crippen LogP contribution in [-0.4, -0.2) is 5.91 Å². The third-order valence-corrected chi connectivity index (χ3v) is 3.90. The lowest BCUT2D eigenvalue weighted by molar-refractivity contribution is 0.0986. The van der Waals surface area contributed by atoms with Gasteiger partial charge in [0, 0.05) is 5.56 Å². The fourth-order valence-corrected chi connectivity index (χ4v) is 2.54. The van der Waals surface area contributed by atoms with Gasteiger partial charge in [-0.25, -0.2) is 10.9 Å². The molecule has 2 aromatic carbocycles. The van der Waals surface area contributed by atoms with Crippen molar-refractivity contribution >= 4 is 11.6 Å². The maximum Gasteiger partial charge on any atom is 0.272 e. The summed E-state index contributed by atoms with van der Waals surface area (Å²) < 4.78 is 0. The number of carbonyl (C=O) groups excluding carboxylic acids is 1. The molecule has 1 amide bonds. The highest BCUT2D eigenvalue weighted by molar-refractivity contribution is 6.06. The van der Waals surface area contributed by atoms with Crippen LogP contribution >= 0.6 is 0 Å². The molecule has 116 valence electrons. The van der Waals surface area contributed by atoms with Crippen molar-refractivity contribution in [1.29, 1.82) is 0 Å². The normalized spacial score (nSPS) is 11.4. The van der Waals surface area contributed by atoms with Gasteiger partial charge < -0.3 is 0 Å². The zero-order valence-corrected chi connectivity index (χ0v) is 14.0. The van der Waals surface area contributed by atoms with Crippen LogP contribution in [0.4, 0.5) is 5.69 Å². The number of nitrogens with zero attached hydrogens (tertiary/aromatic N) is 1. The third kappa shape index (κ3) is 3.20. The summed E-state index contributed by atoms with van der Waals surface area (Å²) in [6.45, 7) is 10.4. The lowest BCUT2D eigenvalue weighted by atomic mass is 9.86. The Kier molecular flexibility index (Phi) is 4.38. The summed E-state index contributed by atoms with van der Waals surface area (Å²) in [6, 6.07) is 13.5. The third-order valence-electron chi connectivity index (χ3n) is 3.90. The molecular weight excluding hydrogens is 272 g/mol. The first kappa shape index (κ1) is 16.2. The van der Waals surface area contributed by atoms with Gasteiger partial charge in [0.05, 0.1) is 5.69 Å². The molecule has 3 nitrogen and oxygen atoms in total. The van der Waals surface area contributed by atoms with Crippen LogP contribution in [0.1, 0.15) is 47.8 Å². The molecule has 0 aromatic heterocycles. The number of hydrogen-bond donors (Lipinski definition) is 1.